The Labute approximate surface area is 94.5 Å². The Morgan fingerprint density at radius 3 is 2.07 bits per heavy atom. The number of hydrogen-bond donors (Lipinski definition) is 2. The highest BCUT2D eigenvalue weighted by molar-refractivity contribution is 4.78. The predicted octanol–water partition coefficient (Wildman–Crippen LogP) is 1.89. The summed E-state index contributed by atoms with van der Waals surface area (Å²) in [6.45, 7) is 11.1. The molecule has 0 aliphatic rings. The first kappa shape index (κ1) is 14.9. The maximum atomic E-state index is 5.95. The van der Waals surface area contributed by atoms with Crippen LogP contribution in [0.15, 0.2) is 0 Å². The molecular formula is C12H28N2O. The van der Waals surface area contributed by atoms with Gasteiger partial charge in [-0.1, -0.05) is 13.8 Å². The van der Waals surface area contributed by atoms with Crippen LogP contribution in [0.4, 0.5) is 0 Å². The van der Waals surface area contributed by atoms with Gasteiger partial charge in [-0.2, -0.15) is 0 Å². The van der Waals surface area contributed by atoms with Crippen LogP contribution >= 0.6 is 0 Å². The largest absolute Gasteiger partial charge is 0.375 e. The van der Waals surface area contributed by atoms with Crippen molar-refractivity contribution in [3.05, 3.63) is 0 Å². The minimum atomic E-state index is -0.0999. The molecule has 0 bridgehead atoms. The summed E-state index contributed by atoms with van der Waals surface area (Å²) >= 11 is 0. The van der Waals surface area contributed by atoms with Gasteiger partial charge in [0.2, 0.25) is 0 Å². The molecule has 0 aliphatic heterocycles. The van der Waals surface area contributed by atoms with Crippen LogP contribution in [0.25, 0.3) is 0 Å². The highest BCUT2D eigenvalue weighted by Crippen LogP contribution is 2.22. The standard InChI is InChI=1S/C12H28N2O/c1-6-12(5,7-10(3)13)15-8-9(2)11(4)14/h9-11H,6-8,13-14H2,1-5H3. The van der Waals surface area contributed by atoms with Crippen molar-refractivity contribution in [1.82, 2.24) is 0 Å². The lowest BCUT2D eigenvalue weighted by molar-refractivity contribution is -0.0588. The first-order chi connectivity index (χ1) is 6.80. The molecule has 0 fully saturated rings. The zero-order valence-electron chi connectivity index (χ0n) is 10.9. The Balaban J connectivity index is 4.08. The normalized spacial score (nSPS) is 21.8. The monoisotopic (exact) mass is 216 g/mol. The van der Waals surface area contributed by atoms with E-state index in [-0.39, 0.29) is 17.7 Å². The van der Waals surface area contributed by atoms with E-state index < -0.39 is 0 Å². The zero-order chi connectivity index (χ0) is 12.1. The number of hydrogen-bond acceptors (Lipinski definition) is 3. The number of ether oxygens (including phenoxy) is 1. The average Bonchev–Trinajstić information content (AvgIpc) is 2.13. The fourth-order valence-corrected chi connectivity index (χ4v) is 1.47. The fourth-order valence-electron chi connectivity index (χ4n) is 1.47. The summed E-state index contributed by atoms with van der Waals surface area (Å²) < 4.78 is 5.95. The first-order valence-corrected chi connectivity index (χ1v) is 5.96. The topological polar surface area (TPSA) is 61.3 Å². The van der Waals surface area contributed by atoms with Crippen molar-refractivity contribution in [2.75, 3.05) is 6.61 Å². The highest BCUT2D eigenvalue weighted by Gasteiger charge is 2.25. The maximum Gasteiger partial charge on any atom is 0.0666 e. The molecule has 0 heterocycles. The van der Waals surface area contributed by atoms with Crippen LogP contribution in [0.2, 0.25) is 0 Å². The van der Waals surface area contributed by atoms with Gasteiger partial charge in [0.25, 0.3) is 0 Å². The fraction of sp³-hybridized carbons (Fsp3) is 1.00. The van der Waals surface area contributed by atoms with Gasteiger partial charge < -0.3 is 16.2 Å². The van der Waals surface area contributed by atoms with Gasteiger partial charge in [-0.15, -0.1) is 0 Å². The third-order valence-corrected chi connectivity index (χ3v) is 3.09. The van der Waals surface area contributed by atoms with Gasteiger partial charge >= 0.3 is 0 Å². The minimum Gasteiger partial charge on any atom is -0.375 e. The van der Waals surface area contributed by atoms with E-state index in [9.17, 15) is 0 Å². The van der Waals surface area contributed by atoms with Crippen LogP contribution in [-0.4, -0.2) is 24.3 Å². The minimum absolute atomic E-state index is 0.0999. The Bertz CT molecular complexity index is 171. The second kappa shape index (κ2) is 6.46. The molecule has 0 saturated carbocycles. The van der Waals surface area contributed by atoms with Crippen molar-refractivity contribution >= 4 is 0 Å². The van der Waals surface area contributed by atoms with Gasteiger partial charge in [0.15, 0.2) is 0 Å². The van der Waals surface area contributed by atoms with Gasteiger partial charge in [0.05, 0.1) is 12.2 Å². The molecule has 0 aromatic heterocycles. The SMILES string of the molecule is CCC(C)(CC(C)N)OCC(C)C(C)N. The zero-order valence-corrected chi connectivity index (χ0v) is 10.9. The smallest absolute Gasteiger partial charge is 0.0666 e. The molecule has 0 rings (SSSR count). The van der Waals surface area contributed by atoms with Crippen molar-refractivity contribution in [3.8, 4) is 0 Å². The summed E-state index contributed by atoms with van der Waals surface area (Å²) in [5, 5.41) is 0. The second-order valence-corrected chi connectivity index (χ2v) is 5.13. The van der Waals surface area contributed by atoms with E-state index in [1.54, 1.807) is 0 Å². The Kier molecular flexibility index (Phi) is 6.41. The van der Waals surface area contributed by atoms with Gasteiger partial charge in [-0.3, -0.25) is 0 Å². The Morgan fingerprint density at radius 2 is 1.73 bits per heavy atom. The molecule has 0 aromatic rings. The summed E-state index contributed by atoms with van der Waals surface area (Å²) in [5.41, 5.74) is 11.5. The highest BCUT2D eigenvalue weighted by atomic mass is 16.5. The Morgan fingerprint density at radius 1 is 1.20 bits per heavy atom. The number of rotatable bonds is 7. The quantitative estimate of drug-likeness (QED) is 0.683. The molecule has 0 radical (unpaired) electrons. The van der Waals surface area contributed by atoms with E-state index in [0.29, 0.717) is 12.5 Å². The van der Waals surface area contributed by atoms with Gasteiger partial charge in [-0.25, -0.2) is 0 Å². The summed E-state index contributed by atoms with van der Waals surface area (Å²) in [5.74, 6) is 0.393. The molecule has 0 amide bonds. The molecule has 0 spiro atoms. The van der Waals surface area contributed by atoms with Crippen LogP contribution in [0.5, 0.6) is 0 Å². The van der Waals surface area contributed by atoms with Crippen molar-refractivity contribution in [2.24, 2.45) is 17.4 Å². The maximum absolute atomic E-state index is 5.95. The second-order valence-electron chi connectivity index (χ2n) is 5.13. The molecule has 4 unspecified atom stereocenters. The van der Waals surface area contributed by atoms with E-state index in [1.165, 1.54) is 0 Å². The van der Waals surface area contributed by atoms with Crippen LogP contribution in [0.1, 0.15) is 47.5 Å². The van der Waals surface area contributed by atoms with E-state index in [2.05, 4.69) is 20.8 Å². The van der Waals surface area contributed by atoms with Crippen LogP contribution in [0, 0.1) is 5.92 Å². The lowest BCUT2D eigenvalue weighted by atomic mass is 9.94. The van der Waals surface area contributed by atoms with Crippen LogP contribution in [0.3, 0.4) is 0 Å². The summed E-state index contributed by atoms with van der Waals surface area (Å²) in [6.07, 6.45) is 1.88. The van der Waals surface area contributed by atoms with Crippen molar-refractivity contribution in [1.29, 1.82) is 0 Å². The van der Waals surface area contributed by atoms with Gasteiger partial charge in [0.1, 0.15) is 0 Å². The van der Waals surface area contributed by atoms with E-state index in [4.69, 9.17) is 16.2 Å². The first-order valence-electron chi connectivity index (χ1n) is 5.96. The third kappa shape index (κ3) is 6.13. The molecule has 3 nitrogen and oxygen atoms in total. The van der Waals surface area contributed by atoms with Crippen molar-refractivity contribution in [2.45, 2.75) is 65.1 Å². The third-order valence-electron chi connectivity index (χ3n) is 3.09. The molecule has 0 saturated heterocycles. The van der Waals surface area contributed by atoms with Gasteiger partial charge in [0, 0.05) is 12.1 Å². The van der Waals surface area contributed by atoms with Crippen LogP contribution < -0.4 is 11.5 Å². The van der Waals surface area contributed by atoms with Crippen molar-refractivity contribution < 1.29 is 4.74 Å². The molecular weight excluding hydrogens is 188 g/mol. The van der Waals surface area contributed by atoms with E-state index in [1.807, 2.05) is 13.8 Å². The molecule has 4 N–H and O–H groups in total. The molecule has 0 aromatic carbocycles. The molecule has 92 valence electrons. The van der Waals surface area contributed by atoms with Crippen LogP contribution in [-0.2, 0) is 4.74 Å². The summed E-state index contributed by atoms with van der Waals surface area (Å²) in [6, 6.07) is 0.363. The van der Waals surface area contributed by atoms with E-state index >= 15 is 0 Å². The lowest BCUT2D eigenvalue weighted by Gasteiger charge is -2.32. The molecule has 15 heavy (non-hydrogen) atoms. The lowest BCUT2D eigenvalue weighted by Crippen LogP contribution is -2.38. The van der Waals surface area contributed by atoms with Gasteiger partial charge in [-0.05, 0) is 39.5 Å². The predicted molar refractivity (Wildman–Crippen MR) is 65.7 cm³/mol. The summed E-state index contributed by atoms with van der Waals surface area (Å²) in [7, 11) is 0. The Hall–Kier alpha value is -0.120. The summed E-state index contributed by atoms with van der Waals surface area (Å²) in [4.78, 5) is 0. The molecule has 0 aliphatic carbocycles. The molecule has 4 atom stereocenters. The van der Waals surface area contributed by atoms with E-state index in [0.717, 1.165) is 12.8 Å². The molecule has 3 heteroatoms. The number of nitrogens with two attached hydrogens (primary N) is 2. The van der Waals surface area contributed by atoms with Crippen molar-refractivity contribution in [3.63, 3.8) is 0 Å². The average molecular weight is 216 g/mol.